The Morgan fingerprint density at radius 1 is 1.14 bits per heavy atom. The SMILES string of the molecule is Cc1ccc(CNCCNc2ccc([N+](=O)[O-])cc2Cl)cc1. The molecule has 0 radical (unpaired) electrons. The molecular weight excluding hydrogens is 302 g/mol. The zero-order valence-corrected chi connectivity index (χ0v) is 13.1. The van der Waals surface area contributed by atoms with Crippen molar-refractivity contribution in [1.29, 1.82) is 0 Å². The van der Waals surface area contributed by atoms with Gasteiger partial charge < -0.3 is 10.6 Å². The summed E-state index contributed by atoms with van der Waals surface area (Å²) in [7, 11) is 0. The quantitative estimate of drug-likeness (QED) is 0.463. The molecule has 0 aliphatic heterocycles. The number of non-ortho nitro benzene ring substituents is 1. The standard InChI is InChI=1S/C16H18ClN3O2/c1-12-2-4-13(5-3-12)11-18-8-9-19-16-7-6-14(20(21)22)10-15(16)17/h2-7,10,18-19H,8-9,11H2,1H3. The third-order valence-corrected chi connectivity index (χ3v) is 3.54. The Morgan fingerprint density at radius 2 is 1.86 bits per heavy atom. The minimum Gasteiger partial charge on any atom is -0.383 e. The Labute approximate surface area is 134 Å². The smallest absolute Gasteiger partial charge is 0.271 e. The van der Waals surface area contributed by atoms with E-state index in [2.05, 4.69) is 41.8 Å². The molecule has 0 aliphatic rings. The van der Waals surface area contributed by atoms with Crippen LogP contribution in [0.4, 0.5) is 11.4 Å². The van der Waals surface area contributed by atoms with E-state index in [0.717, 1.165) is 13.1 Å². The number of benzene rings is 2. The van der Waals surface area contributed by atoms with Gasteiger partial charge in [-0.15, -0.1) is 0 Å². The molecule has 6 heteroatoms. The van der Waals surface area contributed by atoms with E-state index >= 15 is 0 Å². The summed E-state index contributed by atoms with van der Waals surface area (Å²) in [5.74, 6) is 0. The molecule has 2 N–H and O–H groups in total. The Morgan fingerprint density at radius 3 is 2.50 bits per heavy atom. The van der Waals surface area contributed by atoms with E-state index in [9.17, 15) is 10.1 Å². The average molecular weight is 320 g/mol. The van der Waals surface area contributed by atoms with Crippen molar-refractivity contribution in [3.05, 3.63) is 68.7 Å². The molecule has 2 aromatic rings. The van der Waals surface area contributed by atoms with Crippen LogP contribution < -0.4 is 10.6 Å². The Hall–Kier alpha value is -2.11. The highest BCUT2D eigenvalue weighted by Gasteiger charge is 2.08. The van der Waals surface area contributed by atoms with Crippen LogP contribution in [0.3, 0.4) is 0 Å². The highest BCUT2D eigenvalue weighted by Crippen LogP contribution is 2.26. The Kier molecular flexibility index (Phi) is 5.75. The Balaban J connectivity index is 1.74. The second kappa shape index (κ2) is 7.77. The number of nitrogens with one attached hydrogen (secondary N) is 2. The van der Waals surface area contributed by atoms with Gasteiger partial charge in [-0.2, -0.15) is 0 Å². The number of aryl methyl sites for hydroxylation is 1. The molecule has 0 spiro atoms. The van der Waals surface area contributed by atoms with Gasteiger partial charge in [0.2, 0.25) is 0 Å². The molecule has 0 unspecified atom stereocenters. The van der Waals surface area contributed by atoms with Crippen LogP contribution in [0.25, 0.3) is 0 Å². The van der Waals surface area contributed by atoms with Gasteiger partial charge in [0.15, 0.2) is 0 Å². The van der Waals surface area contributed by atoms with Crippen molar-refractivity contribution in [2.24, 2.45) is 0 Å². The molecule has 0 heterocycles. The number of hydrogen-bond acceptors (Lipinski definition) is 4. The largest absolute Gasteiger partial charge is 0.383 e. The highest BCUT2D eigenvalue weighted by atomic mass is 35.5. The summed E-state index contributed by atoms with van der Waals surface area (Å²) >= 11 is 6.01. The van der Waals surface area contributed by atoms with Crippen LogP contribution in [0, 0.1) is 17.0 Å². The summed E-state index contributed by atoms with van der Waals surface area (Å²) in [6.07, 6.45) is 0. The lowest BCUT2D eigenvalue weighted by Gasteiger charge is -2.09. The van der Waals surface area contributed by atoms with Crippen molar-refractivity contribution < 1.29 is 4.92 Å². The van der Waals surface area contributed by atoms with E-state index in [1.807, 2.05) is 0 Å². The lowest BCUT2D eigenvalue weighted by Crippen LogP contribution is -2.21. The first-order valence-electron chi connectivity index (χ1n) is 7.00. The van der Waals surface area contributed by atoms with Gasteiger partial charge >= 0.3 is 0 Å². The molecule has 2 aromatic carbocycles. The van der Waals surface area contributed by atoms with Gasteiger partial charge in [0.05, 0.1) is 15.6 Å². The summed E-state index contributed by atoms with van der Waals surface area (Å²) in [5.41, 5.74) is 3.18. The molecule has 22 heavy (non-hydrogen) atoms. The van der Waals surface area contributed by atoms with E-state index < -0.39 is 4.92 Å². The lowest BCUT2D eigenvalue weighted by molar-refractivity contribution is -0.384. The van der Waals surface area contributed by atoms with Gasteiger partial charge in [-0.1, -0.05) is 41.4 Å². The van der Waals surface area contributed by atoms with Crippen LogP contribution in [-0.4, -0.2) is 18.0 Å². The van der Waals surface area contributed by atoms with E-state index in [0.29, 0.717) is 17.3 Å². The summed E-state index contributed by atoms with van der Waals surface area (Å²) < 4.78 is 0. The lowest BCUT2D eigenvalue weighted by atomic mass is 10.1. The molecule has 0 aliphatic carbocycles. The van der Waals surface area contributed by atoms with Crippen LogP contribution in [0.2, 0.25) is 5.02 Å². The van der Waals surface area contributed by atoms with E-state index in [-0.39, 0.29) is 5.69 Å². The topological polar surface area (TPSA) is 67.2 Å². The normalized spacial score (nSPS) is 10.5. The van der Waals surface area contributed by atoms with E-state index in [1.54, 1.807) is 6.07 Å². The molecule has 0 saturated heterocycles. The third kappa shape index (κ3) is 4.72. The molecular formula is C16H18ClN3O2. The maximum absolute atomic E-state index is 10.6. The molecule has 0 amide bonds. The van der Waals surface area contributed by atoms with Gasteiger partial charge in [-0.3, -0.25) is 10.1 Å². The number of rotatable bonds is 7. The second-order valence-corrected chi connectivity index (χ2v) is 5.42. The van der Waals surface area contributed by atoms with Crippen LogP contribution in [0.5, 0.6) is 0 Å². The van der Waals surface area contributed by atoms with Gasteiger partial charge in [-0.25, -0.2) is 0 Å². The zero-order chi connectivity index (χ0) is 15.9. The predicted molar refractivity (Wildman–Crippen MR) is 89.5 cm³/mol. The van der Waals surface area contributed by atoms with Gasteiger partial charge in [0.25, 0.3) is 5.69 Å². The number of anilines is 1. The van der Waals surface area contributed by atoms with Crippen molar-refractivity contribution in [2.75, 3.05) is 18.4 Å². The summed E-state index contributed by atoms with van der Waals surface area (Å²) in [5, 5.41) is 17.5. The molecule has 0 aromatic heterocycles. The van der Waals surface area contributed by atoms with E-state index in [4.69, 9.17) is 11.6 Å². The minimum atomic E-state index is -0.460. The van der Waals surface area contributed by atoms with Crippen LogP contribution in [-0.2, 0) is 6.54 Å². The molecule has 0 saturated carbocycles. The summed E-state index contributed by atoms with van der Waals surface area (Å²) in [4.78, 5) is 10.2. The third-order valence-electron chi connectivity index (χ3n) is 3.23. The van der Waals surface area contributed by atoms with Crippen molar-refractivity contribution in [2.45, 2.75) is 13.5 Å². The highest BCUT2D eigenvalue weighted by molar-refractivity contribution is 6.33. The molecule has 0 fully saturated rings. The molecule has 2 rings (SSSR count). The first kappa shape index (κ1) is 16.3. The summed E-state index contributed by atoms with van der Waals surface area (Å²) in [6, 6.07) is 12.8. The van der Waals surface area contributed by atoms with Crippen molar-refractivity contribution in [3.8, 4) is 0 Å². The van der Waals surface area contributed by atoms with Gasteiger partial charge in [0.1, 0.15) is 0 Å². The monoisotopic (exact) mass is 319 g/mol. The second-order valence-electron chi connectivity index (χ2n) is 5.01. The fourth-order valence-electron chi connectivity index (χ4n) is 1.99. The van der Waals surface area contributed by atoms with Gasteiger partial charge in [-0.05, 0) is 18.6 Å². The van der Waals surface area contributed by atoms with Crippen molar-refractivity contribution >= 4 is 23.0 Å². The van der Waals surface area contributed by atoms with Crippen molar-refractivity contribution in [3.63, 3.8) is 0 Å². The first-order chi connectivity index (χ1) is 10.6. The fourth-order valence-corrected chi connectivity index (χ4v) is 2.23. The number of nitrogens with zero attached hydrogens (tertiary/aromatic N) is 1. The van der Waals surface area contributed by atoms with Crippen LogP contribution in [0.15, 0.2) is 42.5 Å². The van der Waals surface area contributed by atoms with E-state index in [1.165, 1.54) is 23.3 Å². The predicted octanol–water partition coefficient (Wildman–Crippen LogP) is 3.76. The maximum Gasteiger partial charge on any atom is 0.271 e. The molecule has 5 nitrogen and oxygen atoms in total. The molecule has 0 atom stereocenters. The van der Waals surface area contributed by atoms with Gasteiger partial charge in [0, 0.05) is 31.8 Å². The molecule has 0 bridgehead atoms. The average Bonchev–Trinajstić information content (AvgIpc) is 2.50. The zero-order valence-electron chi connectivity index (χ0n) is 12.3. The van der Waals surface area contributed by atoms with Crippen LogP contribution >= 0.6 is 11.6 Å². The summed E-state index contributed by atoms with van der Waals surface area (Å²) in [6.45, 7) is 4.32. The number of nitro benzene ring substituents is 1. The number of nitro groups is 1. The maximum atomic E-state index is 10.6. The Bertz CT molecular complexity index is 644. The number of hydrogen-bond donors (Lipinski definition) is 2. The number of halogens is 1. The fraction of sp³-hybridized carbons (Fsp3) is 0.250. The minimum absolute atomic E-state index is 0.00644. The molecule has 116 valence electrons. The van der Waals surface area contributed by atoms with Crippen LogP contribution in [0.1, 0.15) is 11.1 Å². The van der Waals surface area contributed by atoms with Crippen molar-refractivity contribution in [1.82, 2.24) is 5.32 Å². The first-order valence-corrected chi connectivity index (χ1v) is 7.38.